The topological polar surface area (TPSA) is 29.3 Å². The Balaban J connectivity index is 1.98. The van der Waals surface area contributed by atoms with Crippen molar-refractivity contribution in [2.45, 2.75) is 25.9 Å². The van der Waals surface area contributed by atoms with Gasteiger partial charge in [0.15, 0.2) is 0 Å². The molecule has 0 fully saturated rings. The number of fused-ring (bicyclic) bond motifs is 1. The van der Waals surface area contributed by atoms with Gasteiger partial charge in [0.05, 0.1) is 0 Å². The highest BCUT2D eigenvalue weighted by Gasteiger charge is 2.21. The lowest BCUT2D eigenvalue weighted by molar-refractivity contribution is 0.589. The van der Waals surface area contributed by atoms with Gasteiger partial charge < -0.3 is 10.6 Å². The van der Waals surface area contributed by atoms with Crippen molar-refractivity contribution in [2.75, 3.05) is 11.4 Å². The van der Waals surface area contributed by atoms with Crippen molar-refractivity contribution >= 4 is 5.69 Å². The van der Waals surface area contributed by atoms with Crippen molar-refractivity contribution in [1.82, 2.24) is 0 Å². The quantitative estimate of drug-likeness (QED) is 0.906. The van der Waals surface area contributed by atoms with Crippen LogP contribution in [0, 0.1) is 5.82 Å². The second kappa shape index (κ2) is 5.25. The SMILES string of the molecule is CC(N)c1c(F)cccc1N1CCc2ccccc2C1. The molecule has 2 aromatic carbocycles. The van der Waals surface area contributed by atoms with E-state index >= 15 is 0 Å². The summed E-state index contributed by atoms with van der Waals surface area (Å²) in [5, 5.41) is 0. The summed E-state index contributed by atoms with van der Waals surface area (Å²) >= 11 is 0. The van der Waals surface area contributed by atoms with Gasteiger partial charge >= 0.3 is 0 Å². The maximum absolute atomic E-state index is 14.0. The van der Waals surface area contributed by atoms with Crippen molar-refractivity contribution in [1.29, 1.82) is 0 Å². The fraction of sp³-hybridized carbons (Fsp3) is 0.294. The summed E-state index contributed by atoms with van der Waals surface area (Å²) < 4.78 is 14.0. The standard InChI is InChI=1S/C17H19FN2/c1-12(19)17-15(18)7-4-8-16(17)20-10-9-13-5-2-3-6-14(13)11-20/h2-8,12H,9-11,19H2,1H3. The van der Waals surface area contributed by atoms with Gasteiger partial charge in [-0.05, 0) is 36.6 Å². The first-order chi connectivity index (χ1) is 9.66. The Morgan fingerprint density at radius 1 is 1.10 bits per heavy atom. The van der Waals surface area contributed by atoms with Crippen LogP contribution in [-0.4, -0.2) is 6.54 Å². The van der Waals surface area contributed by atoms with Gasteiger partial charge in [0, 0.05) is 30.4 Å². The van der Waals surface area contributed by atoms with E-state index < -0.39 is 0 Å². The number of benzene rings is 2. The van der Waals surface area contributed by atoms with Crippen molar-refractivity contribution in [2.24, 2.45) is 5.73 Å². The minimum Gasteiger partial charge on any atom is -0.367 e. The van der Waals surface area contributed by atoms with Gasteiger partial charge in [-0.15, -0.1) is 0 Å². The van der Waals surface area contributed by atoms with E-state index in [2.05, 4.69) is 29.2 Å². The van der Waals surface area contributed by atoms with Crippen molar-refractivity contribution < 1.29 is 4.39 Å². The number of nitrogens with zero attached hydrogens (tertiary/aromatic N) is 1. The molecule has 104 valence electrons. The summed E-state index contributed by atoms with van der Waals surface area (Å²) in [7, 11) is 0. The molecule has 1 aliphatic rings. The molecule has 3 rings (SSSR count). The van der Waals surface area contributed by atoms with E-state index in [-0.39, 0.29) is 11.9 Å². The van der Waals surface area contributed by atoms with Gasteiger partial charge in [-0.2, -0.15) is 0 Å². The summed E-state index contributed by atoms with van der Waals surface area (Å²) in [4.78, 5) is 2.23. The number of hydrogen-bond acceptors (Lipinski definition) is 2. The lowest BCUT2D eigenvalue weighted by atomic mass is 9.97. The van der Waals surface area contributed by atoms with Crippen molar-refractivity contribution in [3.63, 3.8) is 0 Å². The summed E-state index contributed by atoms with van der Waals surface area (Å²) in [5.41, 5.74) is 10.2. The maximum Gasteiger partial charge on any atom is 0.130 e. The van der Waals surface area contributed by atoms with E-state index in [0.29, 0.717) is 5.56 Å². The predicted molar refractivity (Wildman–Crippen MR) is 80.2 cm³/mol. The monoisotopic (exact) mass is 270 g/mol. The predicted octanol–water partition coefficient (Wildman–Crippen LogP) is 3.41. The Hall–Kier alpha value is -1.87. The molecule has 2 nitrogen and oxygen atoms in total. The zero-order chi connectivity index (χ0) is 14.1. The third-order valence-electron chi connectivity index (χ3n) is 3.96. The Kier molecular flexibility index (Phi) is 3.45. The number of anilines is 1. The number of hydrogen-bond donors (Lipinski definition) is 1. The van der Waals surface area contributed by atoms with Gasteiger partial charge in [0.2, 0.25) is 0 Å². The first-order valence-electron chi connectivity index (χ1n) is 7.02. The Morgan fingerprint density at radius 3 is 2.60 bits per heavy atom. The van der Waals surface area contributed by atoms with Gasteiger partial charge in [-0.1, -0.05) is 30.3 Å². The minimum atomic E-state index is -0.302. The van der Waals surface area contributed by atoms with Crippen LogP contribution in [0.3, 0.4) is 0 Å². The highest BCUT2D eigenvalue weighted by Crippen LogP contribution is 2.31. The van der Waals surface area contributed by atoms with Crippen LogP contribution in [0.5, 0.6) is 0 Å². The third kappa shape index (κ3) is 2.29. The molecule has 0 spiro atoms. The van der Waals surface area contributed by atoms with Crippen molar-refractivity contribution in [3.8, 4) is 0 Å². The molecule has 0 amide bonds. The molecule has 0 aromatic heterocycles. The highest BCUT2D eigenvalue weighted by atomic mass is 19.1. The molecule has 0 bridgehead atoms. The minimum absolute atomic E-state index is 0.212. The number of rotatable bonds is 2. The van der Waals surface area contributed by atoms with E-state index in [1.54, 1.807) is 6.07 Å². The molecule has 1 unspecified atom stereocenters. The first kappa shape index (κ1) is 13.1. The summed E-state index contributed by atoms with van der Waals surface area (Å²) in [6.45, 7) is 3.55. The van der Waals surface area contributed by atoms with Crippen LogP contribution in [0.25, 0.3) is 0 Å². The number of halogens is 1. The smallest absolute Gasteiger partial charge is 0.130 e. The van der Waals surface area contributed by atoms with Crippen LogP contribution in [0.2, 0.25) is 0 Å². The van der Waals surface area contributed by atoms with E-state index in [1.807, 2.05) is 13.0 Å². The molecule has 1 aliphatic heterocycles. The van der Waals surface area contributed by atoms with Crippen LogP contribution in [0.1, 0.15) is 29.7 Å². The maximum atomic E-state index is 14.0. The van der Waals surface area contributed by atoms with Gasteiger partial charge in [-0.25, -0.2) is 4.39 Å². The average molecular weight is 270 g/mol. The van der Waals surface area contributed by atoms with Gasteiger partial charge in [-0.3, -0.25) is 0 Å². The fourth-order valence-corrected chi connectivity index (χ4v) is 2.95. The molecule has 20 heavy (non-hydrogen) atoms. The lowest BCUT2D eigenvalue weighted by Gasteiger charge is -2.33. The molecule has 0 saturated carbocycles. The lowest BCUT2D eigenvalue weighted by Crippen LogP contribution is -2.32. The number of nitrogens with two attached hydrogens (primary N) is 1. The fourth-order valence-electron chi connectivity index (χ4n) is 2.95. The second-order valence-electron chi connectivity index (χ2n) is 5.40. The largest absolute Gasteiger partial charge is 0.367 e. The third-order valence-corrected chi connectivity index (χ3v) is 3.96. The molecule has 2 aromatic rings. The zero-order valence-electron chi connectivity index (χ0n) is 11.6. The molecule has 2 N–H and O–H groups in total. The first-order valence-corrected chi connectivity index (χ1v) is 7.02. The summed E-state index contributed by atoms with van der Waals surface area (Å²) in [6, 6.07) is 13.4. The summed E-state index contributed by atoms with van der Waals surface area (Å²) in [6.07, 6.45) is 0.991. The average Bonchev–Trinajstić information content (AvgIpc) is 2.46. The van der Waals surface area contributed by atoms with Gasteiger partial charge in [0.1, 0.15) is 5.82 Å². The molecule has 1 atom stereocenters. The molecular weight excluding hydrogens is 251 g/mol. The Labute approximate surface area is 119 Å². The Morgan fingerprint density at radius 2 is 1.85 bits per heavy atom. The molecule has 0 saturated heterocycles. The zero-order valence-corrected chi connectivity index (χ0v) is 11.6. The molecule has 1 heterocycles. The van der Waals surface area contributed by atoms with Crippen LogP contribution in [0.15, 0.2) is 42.5 Å². The van der Waals surface area contributed by atoms with E-state index in [9.17, 15) is 4.39 Å². The van der Waals surface area contributed by atoms with Crippen LogP contribution in [-0.2, 0) is 13.0 Å². The van der Waals surface area contributed by atoms with Gasteiger partial charge in [0.25, 0.3) is 0 Å². The second-order valence-corrected chi connectivity index (χ2v) is 5.40. The molecule has 0 aliphatic carbocycles. The van der Waals surface area contributed by atoms with Crippen LogP contribution >= 0.6 is 0 Å². The molecule has 3 heteroatoms. The molecular formula is C17H19FN2. The molecule has 0 radical (unpaired) electrons. The van der Waals surface area contributed by atoms with E-state index in [4.69, 9.17) is 5.73 Å². The van der Waals surface area contributed by atoms with E-state index in [0.717, 1.165) is 25.2 Å². The van der Waals surface area contributed by atoms with Crippen LogP contribution in [0.4, 0.5) is 10.1 Å². The van der Waals surface area contributed by atoms with Crippen LogP contribution < -0.4 is 10.6 Å². The van der Waals surface area contributed by atoms with Crippen molar-refractivity contribution in [3.05, 3.63) is 65.0 Å². The highest BCUT2D eigenvalue weighted by molar-refractivity contribution is 5.57. The van der Waals surface area contributed by atoms with E-state index in [1.165, 1.54) is 17.2 Å². The normalized spacial score (nSPS) is 15.8. The Bertz CT molecular complexity index is 622. The summed E-state index contributed by atoms with van der Waals surface area (Å²) in [5.74, 6) is -0.212.